The molecule has 5 rings (SSSR count). The molecule has 1 saturated heterocycles. The van der Waals surface area contributed by atoms with Crippen molar-refractivity contribution in [3.63, 3.8) is 0 Å². The quantitative estimate of drug-likeness (QED) is 0.144. The van der Waals surface area contributed by atoms with E-state index in [-0.39, 0.29) is 10.8 Å². The number of rotatable bonds is 5. The van der Waals surface area contributed by atoms with E-state index >= 15 is 0 Å². The van der Waals surface area contributed by atoms with Crippen LogP contribution in [0.2, 0.25) is 0 Å². The van der Waals surface area contributed by atoms with Gasteiger partial charge in [-0.2, -0.15) is 0 Å². The summed E-state index contributed by atoms with van der Waals surface area (Å²) in [6, 6.07) is 21.5. The third-order valence-electron chi connectivity index (χ3n) is 8.51. The topological polar surface area (TPSA) is 27.7 Å². The van der Waals surface area contributed by atoms with Crippen molar-refractivity contribution in [3.05, 3.63) is 60.7 Å². The van der Waals surface area contributed by atoms with E-state index in [1.165, 1.54) is 10.8 Å². The molecule has 4 aromatic carbocycles. The lowest BCUT2D eigenvalue weighted by molar-refractivity contribution is 0.00578. The van der Waals surface area contributed by atoms with Crippen molar-refractivity contribution in [1.82, 2.24) is 0 Å². The molecule has 3 nitrogen and oxygen atoms in total. The molecule has 0 aromatic heterocycles. The molecule has 4 aromatic rings. The Hall–Kier alpha value is -1.90. The third kappa shape index (κ3) is 4.09. The highest BCUT2D eigenvalue weighted by Gasteiger charge is 2.52. The first-order chi connectivity index (χ1) is 16.7. The SMILES string of the molecule is CC(C)(P)C(C)(C)O[B]c1c2ccccc2c(B2OC(C)(C)C(C)(C)O2)c2ccc3ccccc3c12. The Morgan fingerprint density at radius 3 is 1.92 bits per heavy atom. The smallest absolute Gasteiger partial charge is 0.429 e. The van der Waals surface area contributed by atoms with Crippen molar-refractivity contribution in [2.45, 2.75) is 77.3 Å². The van der Waals surface area contributed by atoms with Gasteiger partial charge in [-0.05, 0) is 84.8 Å². The molecule has 1 fully saturated rings. The average molecular weight is 497 g/mol. The molecule has 1 radical (unpaired) electrons. The van der Waals surface area contributed by atoms with Gasteiger partial charge < -0.3 is 14.0 Å². The van der Waals surface area contributed by atoms with Crippen LogP contribution in [-0.2, 0) is 14.0 Å². The van der Waals surface area contributed by atoms with Crippen LogP contribution in [0.25, 0.3) is 32.3 Å². The molecule has 0 aliphatic carbocycles. The minimum absolute atomic E-state index is 0.111. The van der Waals surface area contributed by atoms with Crippen LogP contribution >= 0.6 is 9.24 Å². The Kier molecular flexibility index (Phi) is 6.12. The summed E-state index contributed by atoms with van der Waals surface area (Å²) >= 11 is 0. The molecular weight excluding hydrogens is 461 g/mol. The minimum atomic E-state index is -0.471. The molecule has 0 spiro atoms. The van der Waals surface area contributed by atoms with E-state index in [9.17, 15) is 0 Å². The highest BCUT2D eigenvalue weighted by Crippen LogP contribution is 2.39. The molecular formula is C30H36B2O3P. The van der Waals surface area contributed by atoms with Gasteiger partial charge in [0.2, 0.25) is 0 Å². The number of fused-ring (bicyclic) bond motifs is 4. The van der Waals surface area contributed by atoms with Gasteiger partial charge in [-0.25, -0.2) is 0 Å². The maximum Gasteiger partial charge on any atom is 0.496 e. The van der Waals surface area contributed by atoms with Crippen LogP contribution in [-0.4, -0.2) is 36.6 Å². The zero-order valence-electron chi connectivity index (χ0n) is 22.7. The monoisotopic (exact) mass is 497 g/mol. The predicted molar refractivity (Wildman–Crippen MR) is 159 cm³/mol. The standard InChI is InChI=1S/C30H36B2O3P/c1-27(2)28(3,4)35-32(34-27)26-22-16-12-11-15-21(22)25(31-33-29(5,6)30(7,8)36)24-20-14-10-9-13-19(20)17-18-23(24)26/h9-18H,36H2,1-8H3. The van der Waals surface area contributed by atoms with Gasteiger partial charge in [0.1, 0.15) is 0 Å². The summed E-state index contributed by atoms with van der Waals surface area (Å²) in [4.78, 5) is 0. The van der Waals surface area contributed by atoms with Gasteiger partial charge in [0.15, 0.2) is 0 Å². The molecule has 185 valence electrons. The molecule has 1 aliphatic rings. The predicted octanol–water partition coefficient (Wildman–Crippen LogP) is 6.14. The summed E-state index contributed by atoms with van der Waals surface area (Å²) in [6.07, 6.45) is 0. The highest BCUT2D eigenvalue weighted by atomic mass is 31.0. The Balaban J connectivity index is 1.83. The first kappa shape index (κ1) is 25.7. The Morgan fingerprint density at radius 1 is 0.750 bits per heavy atom. The van der Waals surface area contributed by atoms with Crippen LogP contribution in [0.3, 0.4) is 0 Å². The lowest BCUT2D eigenvalue weighted by atomic mass is 9.68. The summed E-state index contributed by atoms with van der Waals surface area (Å²) in [7, 11) is 4.42. The molecule has 0 bridgehead atoms. The van der Waals surface area contributed by atoms with Gasteiger partial charge in [-0.3, -0.25) is 0 Å². The van der Waals surface area contributed by atoms with E-state index in [0.717, 1.165) is 32.5 Å². The molecule has 1 atom stereocenters. The molecule has 1 aliphatic heterocycles. The second-order valence-electron chi connectivity index (χ2n) is 12.1. The van der Waals surface area contributed by atoms with Crippen LogP contribution in [0, 0.1) is 0 Å². The van der Waals surface area contributed by atoms with Crippen LogP contribution < -0.4 is 10.9 Å². The van der Waals surface area contributed by atoms with Gasteiger partial charge in [0, 0.05) is 5.16 Å². The summed E-state index contributed by atoms with van der Waals surface area (Å²) in [5.74, 6) is 0. The van der Waals surface area contributed by atoms with Gasteiger partial charge in [-0.1, -0.05) is 74.5 Å². The fourth-order valence-corrected chi connectivity index (χ4v) is 4.78. The van der Waals surface area contributed by atoms with Crippen molar-refractivity contribution < 1.29 is 14.0 Å². The van der Waals surface area contributed by atoms with Crippen molar-refractivity contribution in [3.8, 4) is 0 Å². The van der Waals surface area contributed by atoms with Crippen molar-refractivity contribution >= 4 is 67.1 Å². The minimum Gasteiger partial charge on any atom is -0.429 e. The summed E-state index contributed by atoms with van der Waals surface area (Å²) in [5.41, 5.74) is 0.918. The van der Waals surface area contributed by atoms with Gasteiger partial charge >= 0.3 is 14.6 Å². The summed E-state index contributed by atoms with van der Waals surface area (Å²) < 4.78 is 19.8. The largest absolute Gasteiger partial charge is 0.496 e. The molecule has 6 heteroatoms. The zero-order valence-corrected chi connectivity index (χ0v) is 23.9. The second-order valence-corrected chi connectivity index (χ2v) is 13.6. The normalized spacial score (nSPS) is 17.9. The van der Waals surface area contributed by atoms with E-state index in [1.54, 1.807) is 0 Å². The van der Waals surface area contributed by atoms with E-state index in [0.29, 0.717) is 0 Å². The number of hydrogen-bond donors (Lipinski definition) is 0. The third-order valence-corrected chi connectivity index (χ3v) is 9.20. The lowest BCUT2D eigenvalue weighted by Gasteiger charge is -2.39. The van der Waals surface area contributed by atoms with Gasteiger partial charge in [-0.15, -0.1) is 9.24 Å². The van der Waals surface area contributed by atoms with Crippen LogP contribution in [0.5, 0.6) is 0 Å². The van der Waals surface area contributed by atoms with Crippen LogP contribution in [0.1, 0.15) is 55.4 Å². The number of hydrogen-bond acceptors (Lipinski definition) is 3. The lowest BCUT2D eigenvalue weighted by Crippen LogP contribution is -2.45. The number of benzene rings is 4. The summed E-state index contributed by atoms with van der Waals surface area (Å²) in [6.45, 7) is 17.1. The van der Waals surface area contributed by atoms with Gasteiger partial charge in [0.05, 0.1) is 16.8 Å². The average Bonchev–Trinajstić information content (AvgIpc) is 3.01. The van der Waals surface area contributed by atoms with Crippen molar-refractivity contribution in [2.24, 2.45) is 0 Å². The second kappa shape index (κ2) is 8.57. The molecule has 0 N–H and O–H groups in total. The maximum absolute atomic E-state index is 6.61. The van der Waals surface area contributed by atoms with Crippen molar-refractivity contribution in [2.75, 3.05) is 0 Å². The first-order valence-electron chi connectivity index (χ1n) is 12.8. The summed E-state index contributed by atoms with van der Waals surface area (Å²) in [5, 5.41) is 6.81. The highest BCUT2D eigenvalue weighted by molar-refractivity contribution is 7.19. The fraction of sp³-hybridized carbons (Fsp3) is 0.400. The van der Waals surface area contributed by atoms with E-state index in [2.05, 4.69) is 125 Å². The van der Waals surface area contributed by atoms with E-state index < -0.39 is 18.3 Å². The fourth-order valence-electron chi connectivity index (χ4n) is 4.71. The van der Waals surface area contributed by atoms with Crippen LogP contribution in [0.15, 0.2) is 60.7 Å². The Morgan fingerprint density at radius 2 is 1.31 bits per heavy atom. The Bertz CT molecular complexity index is 1450. The Labute approximate surface area is 218 Å². The molecule has 0 amide bonds. The molecule has 36 heavy (non-hydrogen) atoms. The molecule has 1 heterocycles. The van der Waals surface area contributed by atoms with Crippen LogP contribution in [0.4, 0.5) is 0 Å². The van der Waals surface area contributed by atoms with E-state index in [4.69, 9.17) is 14.0 Å². The molecule has 1 unspecified atom stereocenters. The van der Waals surface area contributed by atoms with Crippen molar-refractivity contribution in [1.29, 1.82) is 0 Å². The van der Waals surface area contributed by atoms with Gasteiger partial charge in [0.25, 0.3) is 0 Å². The zero-order chi connectivity index (χ0) is 26.1. The van der Waals surface area contributed by atoms with E-state index in [1.807, 2.05) is 7.48 Å². The first-order valence-corrected chi connectivity index (χ1v) is 13.3. The maximum atomic E-state index is 6.61. The molecule has 0 saturated carbocycles.